The third-order valence-corrected chi connectivity index (χ3v) is 5.01. The predicted octanol–water partition coefficient (Wildman–Crippen LogP) is 5.30. The molecule has 0 bridgehead atoms. The van der Waals surface area contributed by atoms with Gasteiger partial charge in [0.1, 0.15) is 9.87 Å². The summed E-state index contributed by atoms with van der Waals surface area (Å²) in [5.41, 5.74) is 0. The summed E-state index contributed by atoms with van der Waals surface area (Å²) in [5.74, 6) is 0. The van der Waals surface area contributed by atoms with Crippen molar-refractivity contribution in [3.05, 3.63) is 71.6 Å². The second-order valence-electron chi connectivity index (χ2n) is 5.74. The van der Waals surface area contributed by atoms with Crippen LogP contribution in [0.2, 0.25) is 0 Å². The Morgan fingerprint density at radius 3 is 1.24 bits per heavy atom. The van der Waals surface area contributed by atoms with E-state index in [2.05, 4.69) is 24.3 Å². The molecule has 134 valence electrons. The van der Waals surface area contributed by atoms with E-state index in [4.69, 9.17) is 10.2 Å². The molecule has 0 aromatic rings. The van der Waals surface area contributed by atoms with E-state index < -0.39 is 9.87 Å². The quantitative estimate of drug-likeness (QED) is 0.488. The van der Waals surface area contributed by atoms with Crippen LogP contribution >= 0.6 is 23.5 Å². The minimum absolute atomic E-state index is 0. The molecule has 2 N–H and O–H groups in total. The van der Waals surface area contributed by atoms with Crippen molar-refractivity contribution in [2.45, 2.75) is 49.4 Å². The van der Waals surface area contributed by atoms with Crippen LogP contribution < -0.4 is 0 Å². The Hall–Kier alpha value is -0.0569. The summed E-state index contributed by atoms with van der Waals surface area (Å²) in [7, 11) is 0. The Morgan fingerprint density at radius 2 is 1.16 bits per heavy atom. The van der Waals surface area contributed by atoms with Crippen LogP contribution in [0.1, 0.15) is 39.5 Å². The molecule has 2 unspecified atom stereocenters. The van der Waals surface area contributed by atoms with Crippen LogP contribution in [-0.2, 0) is 26.2 Å². The van der Waals surface area contributed by atoms with Gasteiger partial charge >= 0.3 is 26.2 Å². The zero-order valence-electron chi connectivity index (χ0n) is 14.8. The Bertz CT molecular complexity index is 442. The zero-order valence-corrected chi connectivity index (χ0v) is 18.9. The summed E-state index contributed by atoms with van der Waals surface area (Å²) in [6.07, 6.45) is 25.5. The average molecular weight is 454 g/mol. The van der Waals surface area contributed by atoms with Crippen molar-refractivity contribution in [2.24, 2.45) is 0 Å². The molecule has 0 amide bonds. The molecule has 2 atom stereocenters. The molecular weight excluding hydrogens is 428 g/mol. The number of aliphatic hydroxyl groups is 2. The van der Waals surface area contributed by atoms with Gasteiger partial charge in [-0.3, -0.25) is 12.2 Å². The molecule has 2 aliphatic heterocycles. The molecule has 0 saturated heterocycles. The van der Waals surface area contributed by atoms with E-state index >= 15 is 0 Å². The maximum absolute atomic E-state index is 9.09. The smallest absolute Gasteiger partial charge is 0.379 e. The van der Waals surface area contributed by atoms with E-state index in [9.17, 15) is 0 Å². The summed E-state index contributed by atoms with van der Waals surface area (Å²) in [6.45, 7) is 3.63. The summed E-state index contributed by atoms with van der Waals surface area (Å²) in [4.78, 5) is -1.000. The molecule has 0 saturated carbocycles. The fraction of sp³-hybridized carbons (Fsp3) is 0.400. The largest absolute Gasteiger partial charge is 2.00 e. The van der Waals surface area contributed by atoms with Gasteiger partial charge in [-0.25, -0.2) is 24.3 Å². The molecule has 2 nitrogen and oxygen atoms in total. The van der Waals surface area contributed by atoms with Gasteiger partial charge in [0.05, 0.1) is 0 Å². The fourth-order valence-electron chi connectivity index (χ4n) is 1.70. The first-order chi connectivity index (χ1) is 11.4. The molecule has 0 aromatic carbocycles. The van der Waals surface area contributed by atoms with Crippen molar-refractivity contribution in [3.8, 4) is 0 Å². The van der Waals surface area contributed by atoms with Gasteiger partial charge in [-0.1, -0.05) is 35.7 Å². The number of allylic oxidation sites excluding steroid dienone is 8. The minimum atomic E-state index is -0.500. The molecule has 0 aromatic heterocycles. The second-order valence-corrected chi connectivity index (χ2v) is 8.52. The standard InChI is InChI=1S/2C5H8OS.2C5H5.Zr/c2*1-5(6)3-2-4-7-5;2*1-2-4-5-3-1;/h2*2,4,6H,3H2,1H3;2*1-3H,4H2;/q;;2*-1;+2. The van der Waals surface area contributed by atoms with E-state index in [0.717, 1.165) is 25.7 Å². The molecular formula is C20H26O2S2Zr. The van der Waals surface area contributed by atoms with Crippen LogP contribution in [0, 0.1) is 12.2 Å². The van der Waals surface area contributed by atoms with E-state index in [1.54, 1.807) is 0 Å². The van der Waals surface area contributed by atoms with E-state index in [1.165, 1.54) is 23.5 Å². The van der Waals surface area contributed by atoms with E-state index in [0.29, 0.717) is 0 Å². The average Bonchev–Trinajstić information content (AvgIpc) is 3.31. The van der Waals surface area contributed by atoms with Crippen molar-refractivity contribution < 1.29 is 36.4 Å². The predicted molar refractivity (Wildman–Crippen MR) is 107 cm³/mol. The molecule has 0 radical (unpaired) electrons. The van der Waals surface area contributed by atoms with Gasteiger partial charge in [0, 0.05) is 12.8 Å². The number of hydrogen-bond acceptors (Lipinski definition) is 4. The summed E-state index contributed by atoms with van der Waals surface area (Å²) in [5, 5.41) is 22.1. The van der Waals surface area contributed by atoms with Gasteiger partial charge in [0.25, 0.3) is 0 Å². The number of hydrogen-bond donors (Lipinski definition) is 2. The van der Waals surface area contributed by atoms with Crippen molar-refractivity contribution >= 4 is 23.5 Å². The molecule has 0 fully saturated rings. The normalized spacial score (nSPS) is 29.3. The van der Waals surface area contributed by atoms with Crippen LogP contribution in [-0.4, -0.2) is 20.1 Å². The summed E-state index contributed by atoms with van der Waals surface area (Å²) >= 11 is 2.95. The van der Waals surface area contributed by atoms with Crippen LogP contribution in [0.15, 0.2) is 59.4 Å². The fourth-order valence-corrected chi connectivity index (χ4v) is 3.06. The van der Waals surface area contributed by atoms with Crippen molar-refractivity contribution in [1.82, 2.24) is 0 Å². The van der Waals surface area contributed by atoms with Gasteiger partial charge in [-0.15, -0.1) is 12.8 Å². The van der Waals surface area contributed by atoms with Crippen LogP contribution in [0.3, 0.4) is 0 Å². The van der Waals surface area contributed by atoms with Crippen molar-refractivity contribution in [2.75, 3.05) is 0 Å². The van der Waals surface area contributed by atoms with Crippen LogP contribution in [0.5, 0.6) is 0 Å². The topological polar surface area (TPSA) is 40.5 Å². The second kappa shape index (κ2) is 14.1. The molecule has 4 aliphatic rings. The maximum Gasteiger partial charge on any atom is 2.00 e. The third kappa shape index (κ3) is 14.8. The molecule has 5 heteroatoms. The van der Waals surface area contributed by atoms with Crippen molar-refractivity contribution in [3.63, 3.8) is 0 Å². The molecule has 2 heterocycles. The molecule has 2 aliphatic carbocycles. The first kappa shape index (κ1) is 24.9. The van der Waals surface area contributed by atoms with Gasteiger partial charge in [-0.05, 0) is 24.7 Å². The summed E-state index contributed by atoms with van der Waals surface area (Å²) < 4.78 is 0. The molecule has 25 heavy (non-hydrogen) atoms. The maximum atomic E-state index is 9.09. The zero-order chi connectivity index (χ0) is 17.7. The third-order valence-electron chi connectivity index (χ3n) is 3.00. The first-order valence-electron chi connectivity index (χ1n) is 7.95. The van der Waals surface area contributed by atoms with Crippen LogP contribution in [0.25, 0.3) is 0 Å². The SMILES string of the molecule is CC1(O)CC=CS1.CC1(O)CC=CS1.[C-]1=CC=CC1.[C-]1=CC=CC1.[Zr+2]. The number of rotatable bonds is 0. The van der Waals surface area contributed by atoms with Crippen molar-refractivity contribution in [1.29, 1.82) is 0 Å². The Labute approximate surface area is 180 Å². The Balaban J connectivity index is 0.000000307. The van der Waals surface area contributed by atoms with Gasteiger partial charge < -0.3 is 10.2 Å². The Kier molecular flexibility index (Phi) is 14.0. The minimum Gasteiger partial charge on any atom is -0.379 e. The first-order valence-corrected chi connectivity index (χ1v) is 9.71. The van der Waals surface area contributed by atoms with E-state index in [-0.39, 0.29) is 26.2 Å². The van der Waals surface area contributed by atoms with Gasteiger partial charge in [0.15, 0.2) is 0 Å². The number of thioether (sulfide) groups is 2. The van der Waals surface area contributed by atoms with E-state index in [1.807, 2.05) is 61.1 Å². The monoisotopic (exact) mass is 452 g/mol. The molecule has 4 rings (SSSR count). The van der Waals surface area contributed by atoms with Gasteiger partial charge in [-0.2, -0.15) is 12.2 Å². The summed E-state index contributed by atoms with van der Waals surface area (Å²) in [6, 6.07) is 0. The van der Waals surface area contributed by atoms with Gasteiger partial charge in [0.2, 0.25) is 0 Å². The Morgan fingerprint density at radius 1 is 0.760 bits per heavy atom. The van der Waals surface area contributed by atoms with Crippen LogP contribution in [0.4, 0.5) is 0 Å². The molecule has 0 spiro atoms.